The molecule has 1 amide bonds. The molecule has 0 aliphatic carbocycles. The summed E-state index contributed by atoms with van der Waals surface area (Å²) < 4.78 is 28.7. The number of rotatable bonds is 8. The van der Waals surface area contributed by atoms with Gasteiger partial charge < -0.3 is 5.32 Å². The highest BCUT2D eigenvalue weighted by atomic mass is 35.5. The molecule has 0 spiro atoms. The van der Waals surface area contributed by atoms with E-state index in [4.69, 9.17) is 11.6 Å². The smallest absolute Gasteiger partial charge is 0.264 e. The van der Waals surface area contributed by atoms with Crippen LogP contribution in [0, 0.1) is 0 Å². The highest BCUT2D eigenvalue weighted by Crippen LogP contribution is 2.29. The number of halogens is 1. The van der Waals surface area contributed by atoms with Crippen LogP contribution in [0.15, 0.2) is 114 Å². The molecular weight excluding hydrogens is 468 g/mol. The molecule has 0 saturated carbocycles. The molecule has 0 radical (unpaired) electrons. The van der Waals surface area contributed by atoms with Crippen LogP contribution in [-0.4, -0.2) is 14.3 Å². The molecule has 0 unspecified atom stereocenters. The summed E-state index contributed by atoms with van der Waals surface area (Å²) in [6.07, 6.45) is 0. The number of carbonyl (C=O) groups excluding carboxylic acids is 1. The number of amides is 1. The number of para-hydroxylation sites is 1. The van der Waals surface area contributed by atoms with Gasteiger partial charge in [0.2, 0.25) is 0 Å². The van der Waals surface area contributed by atoms with E-state index in [9.17, 15) is 13.2 Å². The van der Waals surface area contributed by atoms with Gasteiger partial charge >= 0.3 is 0 Å². The summed E-state index contributed by atoms with van der Waals surface area (Å²) in [5.41, 5.74) is 2.27. The van der Waals surface area contributed by atoms with E-state index in [2.05, 4.69) is 5.32 Å². The number of nitrogens with zero attached hydrogens (tertiary/aromatic N) is 1. The van der Waals surface area contributed by atoms with Gasteiger partial charge in [0, 0.05) is 11.6 Å². The Morgan fingerprint density at radius 2 is 1.32 bits per heavy atom. The monoisotopic (exact) mass is 490 g/mol. The number of anilines is 1. The average Bonchev–Trinajstić information content (AvgIpc) is 2.88. The van der Waals surface area contributed by atoms with Crippen molar-refractivity contribution in [2.75, 3.05) is 4.31 Å². The molecule has 34 heavy (non-hydrogen) atoms. The van der Waals surface area contributed by atoms with E-state index in [1.807, 2.05) is 42.5 Å². The molecule has 0 atom stereocenters. The molecule has 172 valence electrons. The van der Waals surface area contributed by atoms with E-state index in [1.165, 1.54) is 4.31 Å². The van der Waals surface area contributed by atoms with Crippen LogP contribution >= 0.6 is 11.6 Å². The third-order valence-corrected chi connectivity index (χ3v) is 7.31. The molecule has 7 heteroatoms. The quantitative estimate of drug-likeness (QED) is 0.346. The number of sulfonamides is 1. The second-order valence-electron chi connectivity index (χ2n) is 7.64. The van der Waals surface area contributed by atoms with E-state index < -0.39 is 10.0 Å². The molecule has 0 bridgehead atoms. The predicted octanol–water partition coefficient (Wildman–Crippen LogP) is 5.67. The first kappa shape index (κ1) is 23.5. The molecule has 5 nitrogen and oxygen atoms in total. The Morgan fingerprint density at radius 3 is 2.00 bits per heavy atom. The van der Waals surface area contributed by atoms with Gasteiger partial charge in [-0.3, -0.25) is 9.10 Å². The Bertz CT molecular complexity index is 1360. The topological polar surface area (TPSA) is 66.5 Å². The van der Waals surface area contributed by atoms with Crippen LogP contribution in [-0.2, 0) is 23.1 Å². The third kappa shape index (κ3) is 5.47. The Kier molecular flexibility index (Phi) is 7.30. The minimum absolute atomic E-state index is 0.0829. The van der Waals surface area contributed by atoms with Crippen molar-refractivity contribution in [3.8, 4) is 0 Å². The number of hydrogen-bond donors (Lipinski definition) is 1. The van der Waals surface area contributed by atoms with Crippen LogP contribution in [0.25, 0.3) is 0 Å². The first-order valence-corrected chi connectivity index (χ1v) is 12.5. The van der Waals surface area contributed by atoms with E-state index in [0.29, 0.717) is 10.7 Å². The molecule has 0 saturated heterocycles. The summed E-state index contributed by atoms with van der Waals surface area (Å²) in [5.74, 6) is -0.369. The second-order valence-corrected chi connectivity index (χ2v) is 9.94. The molecule has 0 aromatic heterocycles. The summed E-state index contributed by atoms with van der Waals surface area (Å²) in [7, 11) is -3.94. The number of carbonyl (C=O) groups is 1. The zero-order valence-corrected chi connectivity index (χ0v) is 19.8. The molecule has 4 aromatic carbocycles. The van der Waals surface area contributed by atoms with Gasteiger partial charge in [-0.15, -0.1) is 0 Å². The third-order valence-electron chi connectivity index (χ3n) is 5.28. The van der Waals surface area contributed by atoms with E-state index in [0.717, 1.165) is 11.1 Å². The van der Waals surface area contributed by atoms with Crippen molar-refractivity contribution in [3.05, 3.63) is 131 Å². The van der Waals surface area contributed by atoms with Crippen LogP contribution in [0.2, 0.25) is 5.02 Å². The van der Waals surface area contributed by atoms with Crippen molar-refractivity contribution >= 4 is 33.2 Å². The lowest BCUT2D eigenvalue weighted by Gasteiger charge is -2.26. The summed E-state index contributed by atoms with van der Waals surface area (Å²) in [6, 6.07) is 31.4. The van der Waals surface area contributed by atoms with Crippen LogP contribution < -0.4 is 9.62 Å². The van der Waals surface area contributed by atoms with Crippen molar-refractivity contribution < 1.29 is 13.2 Å². The highest BCUT2D eigenvalue weighted by Gasteiger charge is 2.28. The predicted molar refractivity (Wildman–Crippen MR) is 135 cm³/mol. The van der Waals surface area contributed by atoms with Gasteiger partial charge in [-0.1, -0.05) is 84.4 Å². The van der Waals surface area contributed by atoms with Crippen LogP contribution in [0.4, 0.5) is 5.69 Å². The Morgan fingerprint density at radius 1 is 0.735 bits per heavy atom. The van der Waals surface area contributed by atoms with Crippen molar-refractivity contribution in [2.45, 2.75) is 18.0 Å². The SMILES string of the molecule is O=C(NCc1ccc(Cl)cc1)c1ccccc1N(Cc1ccccc1)S(=O)(=O)c1ccccc1. The van der Waals surface area contributed by atoms with Crippen LogP contribution in [0.1, 0.15) is 21.5 Å². The Balaban J connectivity index is 1.70. The van der Waals surface area contributed by atoms with Gasteiger partial charge in [0.15, 0.2) is 0 Å². The summed E-state index contributed by atoms with van der Waals surface area (Å²) >= 11 is 5.94. The van der Waals surface area contributed by atoms with Crippen molar-refractivity contribution in [1.82, 2.24) is 5.32 Å². The minimum atomic E-state index is -3.94. The summed E-state index contributed by atoms with van der Waals surface area (Å²) in [4.78, 5) is 13.3. The maximum absolute atomic E-state index is 13.7. The lowest BCUT2D eigenvalue weighted by Crippen LogP contribution is -2.33. The number of benzene rings is 4. The lowest BCUT2D eigenvalue weighted by molar-refractivity contribution is 0.0951. The van der Waals surface area contributed by atoms with Gasteiger partial charge in [0.1, 0.15) is 0 Å². The first-order valence-electron chi connectivity index (χ1n) is 10.7. The fourth-order valence-corrected chi connectivity index (χ4v) is 5.15. The zero-order chi connectivity index (χ0) is 24.0. The fraction of sp³-hybridized carbons (Fsp3) is 0.0741. The molecule has 0 aliphatic rings. The molecule has 4 aromatic rings. The van der Waals surface area contributed by atoms with Crippen molar-refractivity contribution in [1.29, 1.82) is 0 Å². The van der Waals surface area contributed by atoms with Gasteiger partial charge in [0.25, 0.3) is 15.9 Å². The minimum Gasteiger partial charge on any atom is -0.348 e. The Hall–Kier alpha value is -3.61. The maximum atomic E-state index is 13.7. The first-order chi connectivity index (χ1) is 16.4. The van der Waals surface area contributed by atoms with Gasteiger partial charge in [0.05, 0.1) is 22.7 Å². The zero-order valence-electron chi connectivity index (χ0n) is 18.3. The summed E-state index contributed by atoms with van der Waals surface area (Å²) in [6.45, 7) is 0.369. The molecule has 4 rings (SSSR count). The molecule has 0 fully saturated rings. The fourth-order valence-electron chi connectivity index (χ4n) is 3.53. The molecular formula is C27H23ClN2O3S. The van der Waals surface area contributed by atoms with E-state index >= 15 is 0 Å². The largest absolute Gasteiger partial charge is 0.348 e. The van der Waals surface area contributed by atoms with Gasteiger partial charge in [-0.2, -0.15) is 0 Å². The summed E-state index contributed by atoms with van der Waals surface area (Å²) in [5, 5.41) is 3.50. The molecule has 1 N–H and O–H groups in total. The average molecular weight is 491 g/mol. The van der Waals surface area contributed by atoms with Crippen molar-refractivity contribution in [3.63, 3.8) is 0 Å². The van der Waals surface area contributed by atoms with Gasteiger partial charge in [-0.25, -0.2) is 8.42 Å². The molecule has 0 heterocycles. The number of nitrogens with one attached hydrogen (secondary N) is 1. The second kappa shape index (κ2) is 10.5. The molecule has 0 aliphatic heterocycles. The maximum Gasteiger partial charge on any atom is 0.264 e. The number of hydrogen-bond acceptors (Lipinski definition) is 3. The Labute approximate surface area is 204 Å². The van der Waals surface area contributed by atoms with E-state index in [1.54, 1.807) is 66.7 Å². The van der Waals surface area contributed by atoms with E-state index in [-0.39, 0.29) is 29.5 Å². The normalized spacial score (nSPS) is 11.1. The standard InChI is InChI=1S/C27H23ClN2O3S/c28-23-17-15-21(16-18-23)19-29-27(31)25-13-7-8-14-26(25)30(20-22-9-3-1-4-10-22)34(32,33)24-11-5-2-6-12-24/h1-18H,19-20H2,(H,29,31). The highest BCUT2D eigenvalue weighted by molar-refractivity contribution is 7.92. The van der Waals surface area contributed by atoms with Crippen LogP contribution in [0.3, 0.4) is 0 Å². The van der Waals surface area contributed by atoms with Crippen LogP contribution in [0.5, 0.6) is 0 Å². The van der Waals surface area contributed by atoms with Crippen molar-refractivity contribution in [2.24, 2.45) is 0 Å². The lowest BCUT2D eigenvalue weighted by atomic mass is 10.1. The van der Waals surface area contributed by atoms with Gasteiger partial charge in [-0.05, 0) is 47.5 Å².